The van der Waals surface area contributed by atoms with Crippen molar-refractivity contribution in [3.8, 4) is 5.75 Å². The Morgan fingerprint density at radius 2 is 1.89 bits per heavy atom. The molecule has 3 heterocycles. The first-order chi connectivity index (χ1) is 17.7. The Morgan fingerprint density at radius 1 is 1.14 bits per heavy atom. The second-order valence-corrected chi connectivity index (χ2v) is 8.92. The molecule has 2 aromatic heterocycles. The van der Waals surface area contributed by atoms with Crippen LogP contribution in [0.15, 0.2) is 66.9 Å². The highest BCUT2D eigenvalue weighted by molar-refractivity contribution is 6.30. The molecule has 37 heavy (non-hydrogen) atoms. The van der Waals surface area contributed by atoms with Crippen LogP contribution in [-0.4, -0.2) is 41.0 Å². The van der Waals surface area contributed by atoms with Crippen molar-refractivity contribution in [3.63, 3.8) is 0 Å². The highest BCUT2D eigenvalue weighted by Gasteiger charge is 2.48. The molecule has 11 heteroatoms. The number of benzene rings is 2. The Kier molecular flexibility index (Phi) is 6.09. The summed E-state index contributed by atoms with van der Waals surface area (Å²) in [7, 11) is 1.53. The summed E-state index contributed by atoms with van der Waals surface area (Å²) in [6.45, 7) is -0.175. The Morgan fingerprint density at radius 3 is 2.57 bits per heavy atom. The minimum atomic E-state index is -4.64. The Balaban J connectivity index is 1.74. The maximum absolute atomic E-state index is 13.6. The third-order valence-corrected chi connectivity index (χ3v) is 6.52. The SMILES string of the molecule is COc1ccc(CN2C[N+](C=O)(c3cccc(C(F)(F)F)c3)c3c(cnc4ccc(Cl)nc34)C2=O)cc1. The van der Waals surface area contributed by atoms with Gasteiger partial charge in [0.05, 0.1) is 24.7 Å². The van der Waals surface area contributed by atoms with Crippen LogP contribution < -0.4 is 9.22 Å². The van der Waals surface area contributed by atoms with Gasteiger partial charge >= 0.3 is 12.6 Å². The Bertz CT molecular complexity index is 1530. The van der Waals surface area contributed by atoms with Crippen LogP contribution in [0.3, 0.4) is 0 Å². The van der Waals surface area contributed by atoms with Crippen LogP contribution in [0.25, 0.3) is 11.0 Å². The van der Waals surface area contributed by atoms with Gasteiger partial charge < -0.3 is 4.74 Å². The number of rotatable bonds is 5. The molecule has 1 atom stereocenters. The average Bonchev–Trinajstić information content (AvgIpc) is 2.90. The summed E-state index contributed by atoms with van der Waals surface area (Å²) < 4.78 is 45.4. The largest absolute Gasteiger partial charge is 0.497 e. The number of hydrogen-bond donors (Lipinski definition) is 0. The second kappa shape index (κ2) is 9.13. The number of amides is 2. The van der Waals surface area contributed by atoms with Crippen molar-refractivity contribution in [2.24, 2.45) is 0 Å². The Hall–Kier alpha value is -4.02. The molecule has 7 nitrogen and oxygen atoms in total. The summed E-state index contributed by atoms with van der Waals surface area (Å²) in [6, 6.07) is 14.6. The molecule has 0 spiro atoms. The van der Waals surface area contributed by atoms with Gasteiger partial charge in [-0.1, -0.05) is 29.8 Å². The van der Waals surface area contributed by atoms with Gasteiger partial charge in [-0.3, -0.25) is 14.7 Å². The molecule has 0 aliphatic carbocycles. The number of pyridine rings is 2. The molecule has 1 unspecified atom stereocenters. The lowest BCUT2D eigenvalue weighted by atomic mass is 10.0. The van der Waals surface area contributed by atoms with E-state index >= 15 is 0 Å². The Labute approximate surface area is 214 Å². The summed E-state index contributed by atoms with van der Waals surface area (Å²) >= 11 is 6.14. The molecule has 2 aromatic carbocycles. The van der Waals surface area contributed by atoms with E-state index in [4.69, 9.17) is 16.3 Å². The first kappa shape index (κ1) is 24.7. The number of nitrogens with zero attached hydrogens (tertiary/aromatic N) is 4. The van der Waals surface area contributed by atoms with Crippen LogP contribution in [-0.2, 0) is 17.5 Å². The van der Waals surface area contributed by atoms with Gasteiger partial charge in [0, 0.05) is 18.3 Å². The van der Waals surface area contributed by atoms with E-state index in [0.29, 0.717) is 17.7 Å². The molecule has 2 amide bonds. The fraction of sp³-hybridized carbons (Fsp3) is 0.154. The van der Waals surface area contributed by atoms with Gasteiger partial charge in [-0.05, 0) is 35.9 Å². The van der Waals surface area contributed by atoms with E-state index in [1.807, 2.05) is 0 Å². The summed E-state index contributed by atoms with van der Waals surface area (Å²) in [6.07, 6.45) is -2.80. The van der Waals surface area contributed by atoms with Crippen molar-refractivity contribution in [2.75, 3.05) is 13.8 Å². The lowest BCUT2D eigenvalue weighted by molar-refractivity contribution is -0.137. The van der Waals surface area contributed by atoms with Crippen molar-refractivity contribution in [3.05, 3.63) is 88.7 Å². The number of fused-ring (bicyclic) bond motifs is 3. The van der Waals surface area contributed by atoms with Crippen LogP contribution in [0.5, 0.6) is 5.75 Å². The van der Waals surface area contributed by atoms with Crippen LogP contribution in [0.2, 0.25) is 5.15 Å². The predicted molar refractivity (Wildman–Crippen MR) is 131 cm³/mol. The topological polar surface area (TPSA) is 72.4 Å². The molecular formula is C26H19ClF3N4O3+. The first-order valence-electron chi connectivity index (χ1n) is 11.1. The van der Waals surface area contributed by atoms with Crippen molar-refractivity contribution in [2.45, 2.75) is 12.7 Å². The average molecular weight is 528 g/mol. The molecule has 188 valence electrons. The molecule has 1 aliphatic rings. The van der Waals surface area contributed by atoms with Crippen LogP contribution in [0.4, 0.5) is 24.5 Å². The number of alkyl halides is 3. The number of carbonyl (C=O) groups excluding carboxylic acids is 2. The molecule has 1 aliphatic heterocycles. The summed E-state index contributed by atoms with van der Waals surface area (Å²) in [4.78, 5) is 36.6. The van der Waals surface area contributed by atoms with E-state index in [0.717, 1.165) is 17.7 Å². The molecule has 0 fully saturated rings. The summed E-state index contributed by atoms with van der Waals surface area (Å²) in [5.41, 5.74) is 0.509. The highest BCUT2D eigenvalue weighted by Crippen LogP contribution is 2.45. The molecule has 5 rings (SSSR count). The van der Waals surface area contributed by atoms with Gasteiger partial charge in [0.15, 0.2) is 17.9 Å². The third-order valence-electron chi connectivity index (χ3n) is 6.31. The van der Waals surface area contributed by atoms with Crippen LogP contribution in [0, 0.1) is 0 Å². The van der Waals surface area contributed by atoms with Crippen molar-refractivity contribution in [1.29, 1.82) is 0 Å². The predicted octanol–water partition coefficient (Wildman–Crippen LogP) is 5.72. The first-order valence-corrected chi connectivity index (χ1v) is 11.4. The van der Waals surface area contributed by atoms with Gasteiger partial charge in [-0.15, -0.1) is 0 Å². The van der Waals surface area contributed by atoms with E-state index in [2.05, 4.69) is 9.97 Å². The normalized spacial score (nSPS) is 17.5. The monoisotopic (exact) mass is 527 g/mol. The highest BCUT2D eigenvalue weighted by atomic mass is 35.5. The fourth-order valence-corrected chi connectivity index (χ4v) is 4.67. The number of hydrogen-bond acceptors (Lipinski definition) is 5. The van der Waals surface area contributed by atoms with E-state index in [9.17, 15) is 22.8 Å². The summed E-state index contributed by atoms with van der Waals surface area (Å²) in [5.74, 6) is 0.184. The van der Waals surface area contributed by atoms with Gasteiger partial charge in [-0.2, -0.15) is 17.7 Å². The minimum absolute atomic E-state index is 0.0209. The zero-order chi connectivity index (χ0) is 26.4. The lowest BCUT2D eigenvalue weighted by Gasteiger charge is -2.41. The van der Waals surface area contributed by atoms with Gasteiger partial charge in [0.25, 0.3) is 5.91 Å². The zero-order valence-electron chi connectivity index (χ0n) is 19.4. The quantitative estimate of drug-likeness (QED) is 0.189. The third kappa shape index (κ3) is 4.28. The molecule has 0 N–H and O–H groups in total. The molecule has 4 aromatic rings. The number of ether oxygens (including phenoxy) is 1. The van der Waals surface area contributed by atoms with Gasteiger partial charge in [-0.25, -0.2) is 9.78 Å². The van der Waals surface area contributed by atoms with E-state index in [-0.39, 0.29) is 40.8 Å². The molecular weight excluding hydrogens is 509 g/mol. The lowest BCUT2D eigenvalue weighted by Crippen LogP contribution is -2.57. The standard InChI is InChI=1S/C26H19ClF3N4O3/c1-37-19-7-5-16(6-8-19)13-33-14-34(15-35,18-4-2-3-17(11-18)26(28,29)30)24-20(25(33)36)12-31-21-9-10-22(27)32-23(21)24/h2-12,15H,13-14H2,1H3/q+1. The van der Waals surface area contributed by atoms with Crippen molar-refractivity contribution in [1.82, 2.24) is 19.4 Å². The van der Waals surface area contributed by atoms with Crippen LogP contribution >= 0.6 is 11.6 Å². The number of quaternary nitrogens is 1. The van der Waals surface area contributed by atoms with Crippen molar-refractivity contribution < 1.29 is 27.5 Å². The number of halogens is 4. The fourth-order valence-electron chi connectivity index (χ4n) is 4.53. The summed E-state index contributed by atoms with van der Waals surface area (Å²) in [5, 5.41) is 0.0869. The maximum atomic E-state index is 13.6. The molecule has 0 bridgehead atoms. The molecule has 0 radical (unpaired) electrons. The number of methoxy groups -OCH3 is 1. The minimum Gasteiger partial charge on any atom is -0.497 e. The number of carbonyl (C=O) groups is 2. The van der Waals surface area contributed by atoms with E-state index in [1.54, 1.807) is 30.3 Å². The second-order valence-electron chi connectivity index (χ2n) is 8.54. The zero-order valence-corrected chi connectivity index (χ0v) is 20.1. The van der Waals surface area contributed by atoms with Crippen LogP contribution in [0.1, 0.15) is 21.5 Å². The van der Waals surface area contributed by atoms with E-state index < -0.39 is 22.1 Å². The number of aromatic nitrogens is 2. The smallest absolute Gasteiger partial charge is 0.416 e. The van der Waals surface area contributed by atoms with E-state index in [1.165, 1.54) is 36.4 Å². The van der Waals surface area contributed by atoms with Crippen molar-refractivity contribution >= 4 is 46.3 Å². The maximum Gasteiger partial charge on any atom is 0.416 e. The van der Waals surface area contributed by atoms with Gasteiger partial charge in [0.2, 0.25) is 0 Å². The molecule has 0 saturated carbocycles. The van der Waals surface area contributed by atoms with Gasteiger partial charge in [0.1, 0.15) is 22.2 Å². The molecule has 0 saturated heterocycles.